The molecule has 1 heterocycles. The summed E-state index contributed by atoms with van der Waals surface area (Å²) >= 11 is 0. The molecule has 3 aromatic rings. The number of amides is 2. The van der Waals surface area contributed by atoms with Gasteiger partial charge in [-0.25, -0.2) is 0 Å². The number of hydrogen-bond acceptors (Lipinski definition) is 3. The van der Waals surface area contributed by atoms with Crippen LogP contribution < -0.4 is 15.5 Å². The second-order valence-corrected chi connectivity index (χ2v) is 8.30. The van der Waals surface area contributed by atoms with Crippen molar-refractivity contribution in [2.75, 3.05) is 23.3 Å². The summed E-state index contributed by atoms with van der Waals surface area (Å²) in [5.41, 5.74) is 4.69. The van der Waals surface area contributed by atoms with Gasteiger partial charge in [0.25, 0.3) is 11.8 Å². The summed E-state index contributed by atoms with van der Waals surface area (Å²) < 4.78 is 0. The Hall–Kier alpha value is -3.60. The van der Waals surface area contributed by atoms with Crippen molar-refractivity contribution >= 4 is 23.2 Å². The van der Waals surface area contributed by atoms with Crippen molar-refractivity contribution in [3.63, 3.8) is 0 Å². The van der Waals surface area contributed by atoms with Crippen LogP contribution >= 0.6 is 0 Å². The van der Waals surface area contributed by atoms with Gasteiger partial charge in [-0.15, -0.1) is 0 Å². The lowest BCUT2D eigenvalue weighted by Crippen LogP contribution is -2.29. The van der Waals surface area contributed by atoms with Crippen LogP contribution in [0.3, 0.4) is 0 Å². The summed E-state index contributed by atoms with van der Waals surface area (Å²) in [4.78, 5) is 28.4. The highest BCUT2D eigenvalue weighted by Gasteiger charge is 2.22. The Kier molecular flexibility index (Phi) is 6.55. The van der Waals surface area contributed by atoms with Gasteiger partial charge in [-0.1, -0.05) is 48.5 Å². The second-order valence-electron chi connectivity index (χ2n) is 8.30. The molecule has 1 aliphatic heterocycles. The monoisotopic (exact) mass is 427 g/mol. The Labute approximate surface area is 189 Å². The molecule has 5 heteroatoms. The van der Waals surface area contributed by atoms with Crippen LogP contribution in [0.2, 0.25) is 0 Å². The summed E-state index contributed by atoms with van der Waals surface area (Å²) in [6.45, 7) is 5.76. The largest absolute Gasteiger partial charge is 0.371 e. The predicted octanol–water partition coefficient (Wildman–Crippen LogP) is 5.34. The lowest BCUT2D eigenvalue weighted by Gasteiger charge is -2.23. The van der Waals surface area contributed by atoms with E-state index in [1.807, 2.05) is 74.5 Å². The molecule has 1 atom stereocenters. The van der Waals surface area contributed by atoms with Gasteiger partial charge in [-0.05, 0) is 62.1 Å². The van der Waals surface area contributed by atoms with Crippen molar-refractivity contribution in [3.8, 4) is 0 Å². The second kappa shape index (κ2) is 9.69. The van der Waals surface area contributed by atoms with Crippen molar-refractivity contribution in [1.82, 2.24) is 5.32 Å². The standard InChI is InChI=1S/C27H29N3O2/c1-19-10-6-7-13-23(19)26(31)29-22-14-15-25(30-16-8-9-17-30)24(18-22)27(32)28-20(2)21-11-4-3-5-12-21/h3-7,10-15,18,20H,8-9,16-17H2,1-2H3,(H,28,32)(H,29,31). The molecule has 0 bridgehead atoms. The number of carbonyl (C=O) groups excluding carboxylic acids is 2. The first kappa shape index (κ1) is 21.6. The zero-order valence-electron chi connectivity index (χ0n) is 18.6. The molecule has 0 aromatic heterocycles. The minimum atomic E-state index is -0.180. The van der Waals surface area contributed by atoms with Gasteiger partial charge in [0.1, 0.15) is 0 Å². The van der Waals surface area contributed by atoms with Crippen LogP contribution in [0.15, 0.2) is 72.8 Å². The zero-order chi connectivity index (χ0) is 22.5. The van der Waals surface area contributed by atoms with Gasteiger partial charge < -0.3 is 15.5 Å². The SMILES string of the molecule is Cc1ccccc1C(=O)Nc1ccc(N2CCCC2)c(C(=O)NC(C)c2ccccc2)c1. The summed E-state index contributed by atoms with van der Waals surface area (Å²) in [7, 11) is 0. The van der Waals surface area contributed by atoms with Crippen LogP contribution in [-0.2, 0) is 0 Å². The molecule has 0 spiro atoms. The van der Waals surface area contributed by atoms with Gasteiger partial charge in [-0.3, -0.25) is 9.59 Å². The molecule has 3 aromatic carbocycles. The number of nitrogens with zero attached hydrogens (tertiary/aromatic N) is 1. The molecular weight excluding hydrogens is 398 g/mol. The van der Waals surface area contributed by atoms with Crippen LogP contribution in [-0.4, -0.2) is 24.9 Å². The number of rotatable bonds is 6. The summed E-state index contributed by atoms with van der Waals surface area (Å²) in [5, 5.41) is 6.08. The fourth-order valence-electron chi connectivity index (χ4n) is 4.15. The molecule has 5 nitrogen and oxygen atoms in total. The maximum Gasteiger partial charge on any atom is 0.255 e. The Morgan fingerprint density at radius 1 is 0.844 bits per heavy atom. The Morgan fingerprint density at radius 2 is 1.53 bits per heavy atom. The third kappa shape index (κ3) is 4.83. The number of aryl methyl sites for hydroxylation is 1. The minimum absolute atomic E-state index is 0.125. The van der Waals surface area contributed by atoms with Crippen LogP contribution in [0.25, 0.3) is 0 Å². The first-order valence-corrected chi connectivity index (χ1v) is 11.1. The van der Waals surface area contributed by atoms with Crippen LogP contribution in [0.5, 0.6) is 0 Å². The normalized spacial score (nSPS) is 14.1. The maximum absolute atomic E-state index is 13.3. The average Bonchev–Trinajstić information content (AvgIpc) is 3.34. The average molecular weight is 428 g/mol. The highest BCUT2D eigenvalue weighted by atomic mass is 16.2. The Morgan fingerprint density at radius 3 is 2.25 bits per heavy atom. The van der Waals surface area contributed by atoms with Crippen LogP contribution in [0.4, 0.5) is 11.4 Å². The summed E-state index contributed by atoms with van der Waals surface area (Å²) in [5.74, 6) is -0.323. The lowest BCUT2D eigenvalue weighted by atomic mass is 10.1. The van der Waals surface area contributed by atoms with E-state index in [-0.39, 0.29) is 17.9 Å². The van der Waals surface area contributed by atoms with Gasteiger partial charge >= 0.3 is 0 Å². The molecule has 0 aliphatic carbocycles. The quantitative estimate of drug-likeness (QED) is 0.558. The highest BCUT2D eigenvalue weighted by molar-refractivity contribution is 6.07. The number of benzene rings is 3. The van der Waals surface area contributed by atoms with Crippen molar-refractivity contribution in [2.45, 2.75) is 32.7 Å². The number of carbonyl (C=O) groups is 2. The molecule has 164 valence electrons. The zero-order valence-corrected chi connectivity index (χ0v) is 18.6. The van der Waals surface area contributed by atoms with Crippen LogP contribution in [0, 0.1) is 6.92 Å². The number of anilines is 2. The van der Waals surface area contributed by atoms with E-state index in [1.165, 1.54) is 0 Å². The third-order valence-corrected chi connectivity index (χ3v) is 5.98. The minimum Gasteiger partial charge on any atom is -0.371 e. The molecule has 1 aliphatic rings. The third-order valence-electron chi connectivity index (χ3n) is 5.98. The van der Waals surface area contributed by atoms with E-state index in [0.29, 0.717) is 16.8 Å². The fraction of sp³-hybridized carbons (Fsp3) is 0.259. The van der Waals surface area contributed by atoms with Crippen molar-refractivity contribution in [1.29, 1.82) is 0 Å². The van der Waals surface area contributed by atoms with Crippen molar-refractivity contribution in [2.24, 2.45) is 0 Å². The molecule has 2 amide bonds. The van der Waals surface area contributed by atoms with Crippen LogP contribution in [0.1, 0.15) is 57.7 Å². The van der Waals surface area contributed by atoms with E-state index in [9.17, 15) is 9.59 Å². The van der Waals surface area contributed by atoms with Crippen molar-refractivity contribution in [3.05, 3.63) is 95.1 Å². The summed E-state index contributed by atoms with van der Waals surface area (Å²) in [6, 6.07) is 22.9. The molecule has 2 N–H and O–H groups in total. The molecule has 1 unspecified atom stereocenters. The van der Waals surface area contributed by atoms with Gasteiger partial charge in [0.2, 0.25) is 0 Å². The lowest BCUT2D eigenvalue weighted by molar-refractivity contribution is 0.0939. The van der Waals surface area contributed by atoms with E-state index in [4.69, 9.17) is 0 Å². The molecular formula is C27H29N3O2. The summed E-state index contributed by atoms with van der Waals surface area (Å²) in [6.07, 6.45) is 2.24. The highest BCUT2D eigenvalue weighted by Crippen LogP contribution is 2.28. The van der Waals surface area contributed by atoms with Crippen molar-refractivity contribution < 1.29 is 9.59 Å². The van der Waals surface area contributed by atoms with Gasteiger partial charge in [0, 0.05) is 30.0 Å². The molecule has 0 saturated carbocycles. The number of nitrogens with one attached hydrogen (secondary N) is 2. The Bertz CT molecular complexity index is 1100. The van der Waals surface area contributed by atoms with Gasteiger partial charge in [0.05, 0.1) is 11.6 Å². The first-order valence-electron chi connectivity index (χ1n) is 11.1. The van der Waals surface area contributed by atoms with E-state index in [1.54, 1.807) is 12.1 Å². The van der Waals surface area contributed by atoms with Gasteiger partial charge in [0.15, 0.2) is 0 Å². The topological polar surface area (TPSA) is 61.4 Å². The first-order chi connectivity index (χ1) is 15.5. The number of hydrogen-bond donors (Lipinski definition) is 2. The smallest absolute Gasteiger partial charge is 0.255 e. The maximum atomic E-state index is 13.3. The molecule has 1 saturated heterocycles. The van der Waals surface area contributed by atoms with E-state index < -0.39 is 0 Å². The Balaban J connectivity index is 1.60. The molecule has 32 heavy (non-hydrogen) atoms. The predicted molar refractivity (Wildman–Crippen MR) is 129 cm³/mol. The molecule has 4 rings (SSSR count). The van der Waals surface area contributed by atoms with E-state index >= 15 is 0 Å². The fourth-order valence-corrected chi connectivity index (χ4v) is 4.15. The molecule has 0 radical (unpaired) electrons. The van der Waals surface area contributed by atoms with E-state index in [2.05, 4.69) is 15.5 Å². The van der Waals surface area contributed by atoms with Gasteiger partial charge in [-0.2, -0.15) is 0 Å². The van der Waals surface area contributed by atoms with E-state index in [0.717, 1.165) is 42.7 Å². The molecule has 1 fully saturated rings.